The van der Waals surface area contributed by atoms with Crippen LogP contribution in [0.2, 0.25) is 0 Å². The quantitative estimate of drug-likeness (QED) is 0.102. The first kappa shape index (κ1) is 46.6. The van der Waals surface area contributed by atoms with Crippen molar-refractivity contribution in [2.75, 3.05) is 26.4 Å². The Balaban J connectivity index is 0.949. The van der Waals surface area contributed by atoms with Crippen LogP contribution in [0.5, 0.6) is 0 Å². The highest BCUT2D eigenvalue weighted by Gasteiger charge is 2.26. The molecule has 4 aromatic carbocycles. The molecule has 0 amide bonds. The zero-order chi connectivity index (χ0) is 48.7. The van der Waals surface area contributed by atoms with Gasteiger partial charge in [-0.2, -0.15) is 0 Å². The molecule has 8 nitrogen and oxygen atoms in total. The van der Waals surface area contributed by atoms with E-state index >= 15 is 0 Å². The molecule has 8 heterocycles. The summed E-state index contributed by atoms with van der Waals surface area (Å²) in [5.74, 6) is 2.95. The third kappa shape index (κ3) is 9.19. The molecule has 12 heteroatoms. The van der Waals surface area contributed by atoms with Crippen molar-refractivity contribution in [2.24, 2.45) is 20.0 Å². The minimum atomic E-state index is 0.206. The van der Waals surface area contributed by atoms with E-state index in [9.17, 15) is 0 Å². The lowest BCUT2D eigenvalue weighted by Crippen LogP contribution is -2.03. The fraction of sp³-hybridized carbons (Fsp3) is 0.267. The number of nitrogens with zero attached hydrogens (tertiary/aromatic N) is 4. The number of hydrogen-bond donors (Lipinski definition) is 0. The number of ether oxygens (including phenoxy) is 4. The monoisotopic (exact) mass is 1020 g/mol. The van der Waals surface area contributed by atoms with E-state index in [1.807, 2.05) is 22.7 Å². The average molecular weight is 1020 g/mol. The summed E-state index contributed by atoms with van der Waals surface area (Å²) < 4.78 is 24.1. The molecule has 0 fully saturated rings. The fourth-order valence-corrected chi connectivity index (χ4v) is 14.0. The highest BCUT2D eigenvalue weighted by molar-refractivity contribution is 7.29. The molecule has 72 heavy (non-hydrogen) atoms. The van der Waals surface area contributed by atoms with Gasteiger partial charge in [0.15, 0.2) is 0 Å². The van der Waals surface area contributed by atoms with Crippen molar-refractivity contribution in [3.05, 3.63) is 154 Å². The summed E-state index contributed by atoms with van der Waals surface area (Å²) in [5.41, 5.74) is 13.5. The molecule has 12 rings (SSSR count). The van der Waals surface area contributed by atoms with Crippen molar-refractivity contribution in [3.8, 4) is 73.8 Å². The van der Waals surface area contributed by atoms with Crippen molar-refractivity contribution >= 4 is 68.9 Å². The Kier molecular flexibility index (Phi) is 13.1. The zero-order valence-corrected chi connectivity index (χ0v) is 44.0. The number of thiophene rings is 4. The highest BCUT2D eigenvalue weighted by atomic mass is 32.1. The second kappa shape index (κ2) is 20.2. The molecule has 0 unspecified atom stereocenters. The number of hydrogen-bond acceptors (Lipinski definition) is 12. The van der Waals surface area contributed by atoms with Gasteiger partial charge in [0.1, 0.15) is 26.4 Å². The molecule has 0 N–H and O–H groups in total. The minimum absolute atomic E-state index is 0.206. The van der Waals surface area contributed by atoms with Gasteiger partial charge in [0.2, 0.25) is 23.6 Å². The maximum absolute atomic E-state index is 6.06. The lowest BCUT2D eigenvalue weighted by atomic mass is 10.00. The van der Waals surface area contributed by atoms with Gasteiger partial charge in [-0.3, -0.25) is 0 Å². The lowest BCUT2D eigenvalue weighted by molar-refractivity contribution is 0.315. The molecule has 4 aromatic heterocycles. The second-order valence-electron chi connectivity index (χ2n) is 18.6. The molecule has 0 aliphatic carbocycles. The minimum Gasteiger partial charge on any atom is -0.475 e. The Morgan fingerprint density at radius 3 is 1.10 bits per heavy atom. The van der Waals surface area contributed by atoms with Gasteiger partial charge in [-0.15, -0.1) is 45.3 Å². The second-order valence-corrected chi connectivity index (χ2v) is 22.5. The molecule has 0 radical (unpaired) electrons. The Bertz CT molecular complexity index is 3370. The molecule has 4 atom stereocenters. The van der Waals surface area contributed by atoms with Crippen LogP contribution in [-0.4, -0.2) is 74.2 Å². The number of aliphatic imine (C=N–C) groups is 4. The van der Waals surface area contributed by atoms with E-state index in [0.29, 0.717) is 26.4 Å². The summed E-state index contributed by atoms with van der Waals surface area (Å²) in [7, 11) is 0. The normalized spacial score (nSPS) is 19.3. The van der Waals surface area contributed by atoms with Crippen molar-refractivity contribution in [2.45, 2.75) is 77.5 Å². The van der Waals surface area contributed by atoms with Crippen LogP contribution in [0, 0.1) is 0 Å². The Morgan fingerprint density at radius 2 is 0.708 bits per heavy atom. The van der Waals surface area contributed by atoms with Crippen LogP contribution in [0.1, 0.15) is 75.6 Å². The lowest BCUT2D eigenvalue weighted by Gasteiger charge is -2.06. The van der Waals surface area contributed by atoms with Crippen LogP contribution in [0.3, 0.4) is 0 Å². The van der Waals surface area contributed by atoms with E-state index in [-0.39, 0.29) is 24.2 Å². The van der Waals surface area contributed by atoms with E-state index in [4.69, 9.17) is 38.9 Å². The SMILES string of the molecule is CC[C@@H]1COC(c2ccc(-c3csc(-c4sc(-c5sc(-c6sccc6-c6ccc(C7=N[C@H](CC)CO7)cc6)cc5-c5ccc(C6=N[C@H](CC)CO6)cc5)cc4-c4ccc(C5=N[C@H](CC)CO5)cc4)c3)cc2)=N1. The smallest absolute Gasteiger partial charge is 0.216 e. The van der Waals surface area contributed by atoms with Crippen LogP contribution in [-0.2, 0) is 18.9 Å². The molecule has 8 aromatic rings. The predicted octanol–water partition coefficient (Wildman–Crippen LogP) is 15.8. The van der Waals surface area contributed by atoms with Crippen LogP contribution in [0.4, 0.5) is 0 Å². The first-order valence-corrected chi connectivity index (χ1v) is 28.5. The molecule has 362 valence electrons. The maximum atomic E-state index is 6.06. The first-order chi connectivity index (χ1) is 35.4. The van der Waals surface area contributed by atoms with Crippen LogP contribution >= 0.6 is 45.3 Å². The standard InChI is InChI=1S/C60H54N4O4S4/c1-5-44-30-65-57(61-44)39-17-9-35(10-18-39)43-27-51(70-34-43)55-49(37-13-21-41(22-14-37)59-63-46(7-3)32-67-59)29-53(72-55)56-50(38-15-23-42(24-16-38)60-64-47(8-4)33-68-60)28-52(71-56)54-48(25-26-69-54)36-11-19-40(20-12-36)58-62-45(6-2)31-66-58/h9-29,34,44-47H,5-8,30-33H2,1-4H3/t44-,45-,46-,47-/m1/s1. The predicted molar refractivity (Wildman–Crippen MR) is 302 cm³/mol. The molecule has 0 bridgehead atoms. The van der Waals surface area contributed by atoms with E-state index in [1.54, 1.807) is 22.7 Å². The molecule has 4 aliphatic heterocycles. The van der Waals surface area contributed by atoms with Gasteiger partial charge in [-0.1, -0.05) is 76.2 Å². The van der Waals surface area contributed by atoms with Gasteiger partial charge in [0.05, 0.1) is 38.8 Å². The summed E-state index contributed by atoms with van der Waals surface area (Å²) in [5, 5.41) is 4.50. The summed E-state index contributed by atoms with van der Waals surface area (Å²) >= 11 is 7.32. The van der Waals surface area contributed by atoms with E-state index in [1.165, 1.54) is 57.1 Å². The zero-order valence-electron chi connectivity index (χ0n) is 40.7. The van der Waals surface area contributed by atoms with Gasteiger partial charge in [0.25, 0.3) is 0 Å². The van der Waals surface area contributed by atoms with Crippen LogP contribution in [0.15, 0.2) is 152 Å². The first-order valence-electron chi connectivity index (χ1n) is 25.1. The Hall–Kier alpha value is -6.44. The molecular weight excluding hydrogens is 969 g/mol. The van der Waals surface area contributed by atoms with Gasteiger partial charge >= 0.3 is 0 Å². The van der Waals surface area contributed by atoms with Crippen LogP contribution in [0.25, 0.3) is 73.8 Å². The third-order valence-corrected chi connectivity index (χ3v) is 18.6. The van der Waals surface area contributed by atoms with Gasteiger partial charge in [-0.25, -0.2) is 20.0 Å². The molecule has 0 spiro atoms. The fourth-order valence-electron chi connectivity index (χ4n) is 9.45. The van der Waals surface area contributed by atoms with Crippen molar-refractivity contribution in [3.63, 3.8) is 0 Å². The third-order valence-electron chi connectivity index (χ3n) is 13.9. The topological polar surface area (TPSA) is 86.4 Å². The summed E-state index contributed by atoms with van der Waals surface area (Å²) in [6.07, 6.45) is 3.88. The highest BCUT2D eigenvalue weighted by Crippen LogP contribution is 2.53. The molecule has 4 aliphatic rings. The summed E-state index contributed by atoms with van der Waals surface area (Å²) in [6, 6.07) is 45.2. The van der Waals surface area contributed by atoms with Gasteiger partial charge in [-0.05, 0) is 137 Å². The molecule has 0 saturated carbocycles. The molecule has 0 saturated heterocycles. The Labute approximate surface area is 437 Å². The summed E-state index contributed by atoms with van der Waals surface area (Å²) in [6.45, 7) is 11.2. The van der Waals surface area contributed by atoms with Crippen LogP contribution < -0.4 is 0 Å². The van der Waals surface area contributed by atoms with Crippen molar-refractivity contribution < 1.29 is 18.9 Å². The molecular formula is C60H54N4O4S4. The number of benzene rings is 4. The summed E-state index contributed by atoms with van der Waals surface area (Å²) in [4.78, 5) is 26.7. The Morgan fingerprint density at radius 1 is 0.361 bits per heavy atom. The van der Waals surface area contributed by atoms with Gasteiger partial charge < -0.3 is 18.9 Å². The van der Waals surface area contributed by atoms with Crippen molar-refractivity contribution in [1.82, 2.24) is 0 Å². The van der Waals surface area contributed by atoms with E-state index < -0.39 is 0 Å². The number of rotatable bonds is 15. The average Bonchev–Trinajstić information content (AvgIpc) is 4.29. The maximum Gasteiger partial charge on any atom is 0.216 e. The van der Waals surface area contributed by atoms with Crippen molar-refractivity contribution in [1.29, 1.82) is 0 Å². The van der Waals surface area contributed by atoms with E-state index in [0.717, 1.165) is 88.2 Å². The van der Waals surface area contributed by atoms with E-state index in [2.05, 4.69) is 160 Å². The largest absolute Gasteiger partial charge is 0.475 e. The van der Waals surface area contributed by atoms with Gasteiger partial charge in [0, 0.05) is 53.6 Å².